The molecule has 0 aliphatic carbocycles. The van der Waals surface area contributed by atoms with E-state index in [1.807, 2.05) is 23.0 Å². The molecule has 2 heterocycles. The molecule has 14 heavy (non-hydrogen) atoms. The summed E-state index contributed by atoms with van der Waals surface area (Å²) in [5.41, 5.74) is -0.367. The third-order valence-electron chi connectivity index (χ3n) is 3.52. The number of rotatable bonds is 3. The van der Waals surface area contributed by atoms with Crippen molar-refractivity contribution in [3.8, 4) is 0 Å². The molecular formula is C10H17IO3. The zero-order valence-corrected chi connectivity index (χ0v) is 10.6. The van der Waals surface area contributed by atoms with Crippen LogP contribution in [-0.2, 0) is 7.80 Å². The van der Waals surface area contributed by atoms with Gasteiger partial charge in [-0.1, -0.05) is 6.92 Å². The van der Waals surface area contributed by atoms with E-state index in [1.165, 1.54) is 0 Å². The van der Waals surface area contributed by atoms with Crippen LogP contribution in [0.3, 0.4) is 0 Å². The Kier molecular flexibility index (Phi) is 3.08. The van der Waals surface area contributed by atoms with Crippen LogP contribution in [-0.4, -0.2) is 29.5 Å². The average molecular weight is 312 g/mol. The van der Waals surface area contributed by atoms with Crippen molar-refractivity contribution in [3.63, 3.8) is 0 Å². The Balaban J connectivity index is 2.15. The van der Waals surface area contributed by atoms with E-state index in [9.17, 15) is 5.11 Å². The second-order valence-corrected chi connectivity index (χ2v) is 5.52. The van der Waals surface area contributed by atoms with Crippen LogP contribution in [0.5, 0.6) is 0 Å². The Morgan fingerprint density at radius 1 is 1.43 bits per heavy atom. The van der Waals surface area contributed by atoms with E-state index in [-0.39, 0.29) is 17.8 Å². The monoisotopic (exact) mass is 312 g/mol. The number of aliphatic hydroxyl groups excluding tert-OH is 1. The van der Waals surface area contributed by atoms with E-state index in [1.54, 1.807) is 0 Å². The molecule has 1 N–H and O–H groups in total. The van der Waals surface area contributed by atoms with Crippen molar-refractivity contribution in [2.24, 2.45) is 5.92 Å². The first-order valence-electron chi connectivity index (χ1n) is 5.18. The largest absolute Gasteiger partial charge is 0.393 e. The van der Waals surface area contributed by atoms with E-state index < -0.39 is 0 Å². The van der Waals surface area contributed by atoms with Crippen LogP contribution >= 0.6 is 23.0 Å². The van der Waals surface area contributed by atoms with Crippen molar-refractivity contribution < 1.29 is 12.9 Å². The maximum Gasteiger partial charge on any atom is 0.109 e. The smallest absolute Gasteiger partial charge is 0.109 e. The predicted octanol–water partition coefficient (Wildman–Crippen LogP) is 2.06. The van der Waals surface area contributed by atoms with Gasteiger partial charge in [-0.05, 0) is 31.6 Å². The zero-order chi connectivity index (χ0) is 10.2. The lowest BCUT2D eigenvalue weighted by Crippen LogP contribution is -2.47. The molecule has 0 spiro atoms. The maximum atomic E-state index is 9.40. The normalized spacial score (nSPS) is 46.9. The number of hydrogen-bond acceptors (Lipinski definition) is 3. The van der Waals surface area contributed by atoms with Crippen LogP contribution in [0.4, 0.5) is 0 Å². The lowest BCUT2D eigenvalue weighted by molar-refractivity contribution is -0.178. The van der Waals surface area contributed by atoms with Crippen LogP contribution in [0.1, 0.15) is 32.6 Å². The Hall–Kier alpha value is 0.610. The third kappa shape index (κ3) is 1.81. The van der Waals surface area contributed by atoms with Gasteiger partial charge in [0.05, 0.1) is 24.4 Å². The standard InChI is InChI=1S/C10H17IO3/c1-8-4-9(6-12)2-3-10(5-8,14-9)7-13-11/h8,12H,2-7H2,1H3/t8-,9+,10-/m0/s1. The van der Waals surface area contributed by atoms with Gasteiger partial charge in [-0.2, -0.15) is 0 Å². The highest BCUT2D eigenvalue weighted by atomic mass is 127. The summed E-state index contributed by atoms with van der Waals surface area (Å²) in [6.45, 7) is 3.04. The van der Waals surface area contributed by atoms with Crippen LogP contribution in [0, 0.1) is 5.92 Å². The fraction of sp³-hybridized carbons (Fsp3) is 1.00. The van der Waals surface area contributed by atoms with Gasteiger partial charge in [0.1, 0.15) is 23.0 Å². The minimum Gasteiger partial charge on any atom is -0.393 e. The number of hydrogen-bond donors (Lipinski definition) is 1. The minimum atomic E-state index is -0.257. The summed E-state index contributed by atoms with van der Waals surface area (Å²) in [5.74, 6) is 0.630. The van der Waals surface area contributed by atoms with E-state index in [0.717, 1.165) is 25.7 Å². The molecule has 2 aliphatic heterocycles. The Labute approximate surface area is 98.8 Å². The molecule has 3 nitrogen and oxygen atoms in total. The van der Waals surface area contributed by atoms with Gasteiger partial charge in [-0.15, -0.1) is 0 Å². The van der Waals surface area contributed by atoms with Crippen LogP contribution < -0.4 is 0 Å². The molecule has 0 aromatic rings. The van der Waals surface area contributed by atoms with E-state index in [2.05, 4.69) is 6.92 Å². The van der Waals surface area contributed by atoms with Gasteiger partial charge >= 0.3 is 0 Å². The number of ether oxygens (including phenoxy) is 1. The molecule has 0 aromatic heterocycles. The first-order chi connectivity index (χ1) is 6.64. The summed E-state index contributed by atoms with van der Waals surface area (Å²) in [6, 6.07) is 0. The summed E-state index contributed by atoms with van der Waals surface area (Å²) in [5, 5.41) is 9.40. The number of aliphatic hydroxyl groups is 1. The highest BCUT2D eigenvalue weighted by Gasteiger charge is 2.54. The average Bonchev–Trinajstić information content (AvgIpc) is 2.40. The Morgan fingerprint density at radius 2 is 2.07 bits per heavy atom. The fourth-order valence-electron chi connectivity index (χ4n) is 3.08. The molecule has 0 amide bonds. The molecular weight excluding hydrogens is 295 g/mol. The molecule has 2 fully saturated rings. The SMILES string of the molecule is C[C@H]1C[C@@]2(CO)CC[C@@](COI)(C1)O2. The van der Waals surface area contributed by atoms with Gasteiger partial charge < -0.3 is 12.9 Å². The molecule has 2 rings (SSSR count). The maximum absolute atomic E-state index is 9.40. The predicted molar refractivity (Wildman–Crippen MR) is 61.2 cm³/mol. The highest BCUT2D eigenvalue weighted by molar-refractivity contribution is 14.1. The molecule has 2 aliphatic rings. The molecule has 0 aromatic carbocycles. The second kappa shape index (κ2) is 3.88. The molecule has 0 saturated carbocycles. The third-order valence-corrected chi connectivity index (χ3v) is 3.83. The van der Waals surface area contributed by atoms with E-state index >= 15 is 0 Å². The van der Waals surface area contributed by atoms with Gasteiger partial charge in [-0.3, -0.25) is 0 Å². The van der Waals surface area contributed by atoms with E-state index in [4.69, 9.17) is 7.80 Å². The summed E-state index contributed by atoms with van der Waals surface area (Å²) in [4.78, 5) is 0. The first-order valence-corrected chi connectivity index (χ1v) is 6.06. The molecule has 82 valence electrons. The summed E-state index contributed by atoms with van der Waals surface area (Å²) in [6.07, 6.45) is 4.07. The second-order valence-electron chi connectivity index (χ2n) is 4.89. The van der Waals surface area contributed by atoms with Gasteiger partial charge in [0.2, 0.25) is 0 Å². The fourth-order valence-corrected chi connectivity index (χ4v) is 3.65. The van der Waals surface area contributed by atoms with Crippen LogP contribution in [0.25, 0.3) is 0 Å². The van der Waals surface area contributed by atoms with Crippen molar-refractivity contribution in [2.75, 3.05) is 13.2 Å². The van der Waals surface area contributed by atoms with Crippen LogP contribution in [0.2, 0.25) is 0 Å². The highest BCUT2D eigenvalue weighted by Crippen LogP contribution is 2.50. The van der Waals surface area contributed by atoms with Crippen molar-refractivity contribution in [2.45, 2.75) is 43.8 Å². The van der Waals surface area contributed by atoms with Gasteiger partial charge in [-0.25, -0.2) is 0 Å². The van der Waals surface area contributed by atoms with Gasteiger partial charge in [0, 0.05) is 0 Å². The minimum absolute atomic E-state index is 0.110. The van der Waals surface area contributed by atoms with Crippen molar-refractivity contribution >= 4 is 23.0 Å². The number of halogens is 1. The quantitative estimate of drug-likeness (QED) is 0.811. The molecule has 2 bridgehead atoms. The molecule has 0 unspecified atom stereocenters. The first kappa shape index (κ1) is 11.1. The number of fused-ring (bicyclic) bond motifs is 2. The van der Waals surface area contributed by atoms with Crippen molar-refractivity contribution in [1.82, 2.24) is 0 Å². The van der Waals surface area contributed by atoms with Gasteiger partial charge in [0.15, 0.2) is 0 Å². The Bertz CT molecular complexity index is 223. The molecule has 0 radical (unpaired) electrons. The summed E-state index contributed by atoms with van der Waals surface area (Å²) in [7, 11) is 0. The molecule has 2 saturated heterocycles. The zero-order valence-electron chi connectivity index (χ0n) is 8.46. The van der Waals surface area contributed by atoms with E-state index in [0.29, 0.717) is 12.5 Å². The van der Waals surface area contributed by atoms with Crippen molar-refractivity contribution in [1.29, 1.82) is 0 Å². The summed E-state index contributed by atoms with van der Waals surface area (Å²) < 4.78 is 11.3. The van der Waals surface area contributed by atoms with Crippen LogP contribution in [0.15, 0.2) is 0 Å². The lowest BCUT2D eigenvalue weighted by Gasteiger charge is -2.41. The Morgan fingerprint density at radius 3 is 2.71 bits per heavy atom. The lowest BCUT2D eigenvalue weighted by atomic mass is 9.85. The molecule has 4 heteroatoms. The summed E-state index contributed by atoms with van der Waals surface area (Å²) >= 11 is 1.92. The van der Waals surface area contributed by atoms with Gasteiger partial charge in [0.25, 0.3) is 0 Å². The molecule has 3 atom stereocenters. The topological polar surface area (TPSA) is 38.7 Å². The van der Waals surface area contributed by atoms with Crippen molar-refractivity contribution in [3.05, 3.63) is 0 Å².